The zero-order valence-corrected chi connectivity index (χ0v) is 12.1. The molecular formula is C13H14F2N2O3S. The summed E-state index contributed by atoms with van der Waals surface area (Å²) in [6.07, 6.45) is 1.84. The van der Waals surface area contributed by atoms with Gasteiger partial charge in [-0.25, -0.2) is 22.0 Å². The molecule has 1 aromatic carbocycles. The van der Waals surface area contributed by atoms with Gasteiger partial charge in [0.15, 0.2) is 11.6 Å². The van der Waals surface area contributed by atoms with E-state index in [0.717, 1.165) is 22.9 Å². The van der Waals surface area contributed by atoms with Gasteiger partial charge in [0.25, 0.3) is 0 Å². The van der Waals surface area contributed by atoms with Crippen LogP contribution in [0.25, 0.3) is 0 Å². The van der Waals surface area contributed by atoms with Gasteiger partial charge in [0, 0.05) is 6.54 Å². The van der Waals surface area contributed by atoms with Crippen LogP contribution >= 0.6 is 0 Å². The number of hydrogen-bond acceptors (Lipinski definition) is 4. The van der Waals surface area contributed by atoms with Gasteiger partial charge in [-0.15, -0.1) is 0 Å². The average molecular weight is 316 g/mol. The first-order chi connectivity index (χ1) is 9.87. The molecule has 0 aromatic heterocycles. The summed E-state index contributed by atoms with van der Waals surface area (Å²) in [5, 5.41) is 0. The monoisotopic (exact) mass is 316 g/mol. The molecule has 0 N–H and O–H groups in total. The number of isocyanates is 1. The van der Waals surface area contributed by atoms with Crippen LogP contribution in [0.2, 0.25) is 0 Å². The van der Waals surface area contributed by atoms with E-state index >= 15 is 0 Å². The summed E-state index contributed by atoms with van der Waals surface area (Å²) in [5.41, 5.74) is 0. The number of halogens is 2. The Morgan fingerprint density at radius 2 is 2.05 bits per heavy atom. The third-order valence-corrected chi connectivity index (χ3v) is 5.39. The number of piperidine rings is 1. The lowest BCUT2D eigenvalue weighted by Gasteiger charge is -2.35. The SMILES string of the molecule is CC1CCCN(S(=O)(=O)c2ccc(F)c(F)c2)C1N=C=O. The molecule has 0 spiro atoms. The minimum Gasteiger partial charge on any atom is -0.211 e. The molecule has 0 radical (unpaired) electrons. The van der Waals surface area contributed by atoms with Crippen molar-refractivity contribution in [3.8, 4) is 0 Å². The van der Waals surface area contributed by atoms with Crippen molar-refractivity contribution < 1.29 is 22.0 Å². The molecule has 2 unspecified atom stereocenters. The fraction of sp³-hybridized carbons (Fsp3) is 0.462. The molecule has 1 saturated heterocycles. The van der Waals surface area contributed by atoms with Crippen LogP contribution in [0.5, 0.6) is 0 Å². The van der Waals surface area contributed by atoms with Gasteiger partial charge in [0.05, 0.1) is 4.90 Å². The summed E-state index contributed by atoms with van der Waals surface area (Å²) in [6.45, 7) is 1.94. The molecule has 2 atom stereocenters. The van der Waals surface area contributed by atoms with Crippen molar-refractivity contribution >= 4 is 16.1 Å². The molecule has 0 bridgehead atoms. The standard InChI is InChI=1S/C13H14F2N2O3S/c1-9-3-2-6-17(13(9)16-8-18)21(19,20)10-4-5-11(14)12(15)7-10/h4-5,7,9,13H,2-3,6H2,1H3. The van der Waals surface area contributed by atoms with E-state index in [1.807, 2.05) is 0 Å². The van der Waals surface area contributed by atoms with Crippen LogP contribution < -0.4 is 0 Å². The van der Waals surface area contributed by atoms with Gasteiger partial charge >= 0.3 is 0 Å². The van der Waals surface area contributed by atoms with Crippen LogP contribution in [0.4, 0.5) is 8.78 Å². The molecule has 1 aromatic rings. The number of hydrogen-bond donors (Lipinski definition) is 0. The quantitative estimate of drug-likeness (QED) is 0.633. The third kappa shape index (κ3) is 3.02. The third-order valence-electron chi connectivity index (χ3n) is 3.52. The van der Waals surface area contributed by atoms with E-state index in [4.69, 9.17) is 0 Å². The maximum Gasteiger partial charge on any atom is 0.245 e. The summed E-state index contributed by atoms with van der Waals surface area (Å²) >= 11 is 0. The van der Waals surface area contributed by atoms with Gasteiger partial charge in [-0.3, -0.25) is 0 Å². The predicted molar refractivity (Wildman–Crippen MR) is 70.6 cm³/mol. The van der Waals surface area contributed by atoms with E-state index in [-0.39, 0.29) is 17.4 Å². The Morgan fingerprint density at radius 3 is 2.67 bits per heavy atom. The summed E-state index contributed by atoms with van der Waals surface area (Å²) in [7, 11) is -4.05. The number of rotatable bonds is 3. The first-order valence-corrected chi connectivity index (χ1v) is 7.86. The minimum absolute atomic E-state index is 0.153. The molecule has 1 fully saturated rings. The lowest BCUT2D eigenvalue weighted by molar-refractivity contribution is 0.194. The molecular weight excluding hydrogens is 302 g/mol. The normalized spacial score (nSPS) is 23.6. The van der Waals surface area contributed by atoms with E-state index < -0.39 is 27.8 Å². The van der Waals surface area contributed by atoms with Crippen molar-refractivity contribution in [2.75, 3.05) is 6.54 Å². The Morgan fingerprint density at radius 1 is 1.33 bits per heavy atom. The lowest BCUT2D eigenvalue weighted by atomic mass is 9.98. The van der Waals surface area contributed by atoms with Gasteiger partial charge in [-0.05, 0) is 37.0 Å². The van der Waals surface area contributed by atoms with Crippen molar-refractivity contribution in [3.63, 3.8) is 0 Å². The maximum atomic E-state index is 13.3. The number of aliphatic imine (C=N–C) groups is 1. The summed E-state index contributed by atoms with van der Waals surface area (Å²) in [5.74, 6) is -2.51. The van der Waals surface area contributed by atoms with Crippen LogP contribution in [0.3, 0.4) is 0 Å². The van der Waals surface area contributed by atoms with Crippen molar-refractivity contribution in [1.29, 1.82) is 0 Å². The van der Waals surface area contributed by atoms with E-state index in [1.165, 1.54) is 6.08 Å². The molecule has 114 valence electrons. The molecule has 0 amide bonds. The summed E-state index contributed by atoms with van der Waals surface area (Å²) in [4.78, 5) is 13.7. The largest absolute Gasteiger partial charge is 0.245 e. The number of carbonyl (C=O) groups excluding carboxylic acids is 1. The van der Waals surface area contributed by atoms with Crippen LogP contribution in [-0.4, -0.2) is 31.5 Å². The maximum absolute atomic E-state index is 13.3. The van der Waals surface area contributed by atoms with Crippen LogP contribution in [-0.2, 0) is 14.8 Å². The van der Waals surface area contributed by atoms with Crippen LogP contribution in [0, 0.1) is 17.6 Å². The van der Waals surface area contributed by atoms with Crippen LogP contribution in [0.15, 0.2) is 28.1 Å². The summed E-state index contributed by atoms with van der Waals surface area (Å²) in [6, 6.07) is 2.38. The van der Waals surface area contributed by atoms with Gasteiger partial charge in [-0.2, -0.15) is 9.30 Å². The smallest absolute Gasteiger partial charge is 0.211 e. The second kappa shape index (κ2) is 6.01. The minimum atomic E-state index is -4.05. The van der Waals surface area contributed by atoms with Gasteiger partial charge in [-0.1, -0.05) is 6.92 Å². The number of sulfonamides is 1. The summed E-state index contributed by atoms with van der Waals surface area (Å²) < 4.78 is 52.3. The highest BCUT2D eigenvalue weighted by Crippen LogP contribution is 2.30. The Kier molecular flexibility index (Phi) is 4.51. The Hall–Kier alpha value is -1.63. The van der Waals surface area contributed by atoms with E-state index in [0.29, 0.717) is 12.5 Å². The second-order valence-corrected chi connectivity index (χ2v) is 6.84. The molecule has 1 heterocycles. The highest BCUT2D eigenvalue weighted by Gasteiger charge is 2.37. The highest BCUT2D eigenvalue weighted by atomic mass is 32.2. The predicted octanol–water partition coefficient (Wildman–Crippen LogP) is 2.05. The highest BCUT2D eigenvalue weighted by molar-refractivity contribution is 7.89. The van der Waals surface area contributed by atoms with Crippen molar-refractivity contribution in [3.05, 3.63) is 29.8 Å². The number of benzene rings is 1. The first kappa shape index (κ1) is 15.8. The van der Waals surface area contributed by atoms with Gasteiger partial charge in [0.1, 0.15) is 6.17 Å². The number of nitrogens with zero attached hydrogens (tertiary/aromatic N) is 2. The Labute approximate surface area is 121 Å². The zero-order chi connectivity index (χ0) is 15.6. The topological polar surface area (TPSA) is 66.8 Å². The van der Waals surface area contributed by atoms with Crippen molar-refractivity contribution in [2.24, 2.45) is 10.9 Å². The van der Waals surface area contributed by atoms with Gasteiger partial charge in [0.2, 0.25) is 16.1 Å². The van der Waals surface area contributed by atoms with E-state index in [9.17, 15) is 22.0 Å². The molecule has 21 heavy (non-hydrogen) atoms. The van der Waals surface area contributed by atoms with E-state index in [1.54, 1.807) is 6.92 Å². The van der Waals surface area contributed by atoms with Crippen molar-refractivity contribution in [2.45, 2.75) is 30.8 Å². The molecule has 1 aliphatic heterocycles. The molecule has 8 heteroatoms. The fourth-order valence-corrected chi connectivity index (χ4v) is 4.09. The second-order valence-electron chi connectivity index (χ2n) is 4.95. The molecule has 0 aliphatic carbocycles. The van der Waals surface area contributed by atoms with Crippen LogP contribution in [0.1, 0.15) is 19.8 Å². The molecule has 1 aliphatic rings. The molecule has 2 rings (SSSR count). The molecule has 5 nitrogen and oxygen atoms in total. The lowest BCUT2D eigenvalue weighted by Crippen LogP contribution is -2.46. The Bertz CT molecular complexity index is 687. The van der Waals surface area contributed by atoms with Gasteiger partial charge < -0.3 is 0 Å². The zero-order valence-electron chi connectivity index (χ0n) is 11.3. The average Bonchev–Trinajstić information content (AvgIpc) is 2.44. The van der Waals surface area contributed by atoms with E-state index in [2.05, 4.69) is 4.99 Å². The van der Waals surface area contributed by atoms with Crippen molar-refractivity contribution in [1.82, 2.24) is 4.31 Å². The first-order valence-electron chi connectivity index (χ1n) is 6.42. The Balaban J connectivity index is 2.45. The fourth-order valence-electron chi connectivity index (χ4n) is 2.41. The molecule has 0 saturated carbocycles.